The average molecular weight is 347 g/mol. The van der Waals surface area contributed by atoms with Crippen molar-refractivity contribution in [1.82, 2.24) is 10.6 Å². The number of fused-ring (bicyclic) bond motifs is 1. The summed E-state index contributed by atoms with van der Waals surface area (Å²) >= 11 is 0. The van der Waals surface area contributed by atoms with Gasteiger partial charge in [-0.3, -0.25) is 4.90 Å². The summed E-state index contributed by atoms with van der Waals surface area (Å²) in [6.45, 7) is 2.02. The van der Waals surface area contributed by atoms with Gasteiger partial charge in [0.1, 0.15) is 11.5 Å². The number of amides is 2. The van der Waals surface area contributed by atoms with Crippen molar-refractivity contribution in [3.63, 3.8) is 0 Å². The first-order valence-electron chi connectivity index (χ1n) is 8.74. The van der Waals surface area contributed by atoms with Gasteiger partial charge in [-0.15, -0.1) is 0 Å². The molecule has 0 aromatic heterocycles. The maximum atomic E-state index is 11.9. The number of carbonyl (C=O) groups is 1. The van der Waals surface area contributed by atoms with Gasteiger partial charge in [0.25, 0.3) is 0 Å². The van der Waals surface area contributed by atoms with Crippen LogP contribution in [0.1, 0.15) is 5.56 Å². The Hall–Kier alpha value is -3.05. The van der Waals surface area contributed by atoms with Crippen LogP contribution in [0.25, 0.3) is 10.8 Å². The number of nitrogens with zero attached hydrogens (tertiary/aromatic N) is 1. The van der Waals surface area contributed by atoms with E-state index in [1.165, 1.54) is 5.39 Å². The number of ether oxygens (including phenoxy) is 1. The van der Waals surface area contributed by atoms with Gasteiger partial charge < -0.3 is 15.4 Å². The Labute approximate surface area is 152 Å². The molecule has 0 atom stereocenters. The van der Waals surface area contributed by atoms with Gasteiger partial charge in [0, 0.05) is 30.9 Å². The lowest BCUT2D eigenvalue weighted by Crippen LogP contribution is -2.27. The molecule has 3 aromatic carbocycles. The average Bonchev–Trinajstić information content (AvgIpc) is 3.09. The summed E-state index contributed by atoms with van der Waals surface area (Å²) in [5.74, 6) is 1.59. The number of anilines is 1. The Kier molecular flexibility index (Phi) is 4.46. The second kappa shape index (κ2) is 7.06. The van der Waals surface area contributed by atoms with Crippen molar-refractivity contribution in [2.45, 2.75) is 6.54 Å². The Morgan fingerprint density at radius 1 is 1.08 bits per heavy atom. The lowest BCUT2D eigenvalue weighted by molar-refractivity contribution is 0.252. The monoisotopic (exact) mass is 347 g/mol. The van der Waals surface area contributed by atoms with Gasteiger partial charge in [0.05, 0.1) is 0 Å². The molecule has 3 aromatic rings. The summed E-state index contributed by atoms with van der Waals surface area (Å²) in [5.41, 5.74) is 1.90. The molecule has 1 aliphatic heterocycles. The maximum Gasteiger partial charge on any atom is 0.321 e. The summed E-state index contributed by atoms with van der Waals surface area (Å²) in [6, 6.07) is 20.1. The first-order chi connectivity index (χ1) is 12.7. The van der Waals surface area contributed by atoms with Crippen LogP contribution in [0, 0.1) is 0 Å². The number of benzene rings is 3. The van der Waals surface area contributed by atoms with E-state index in [1.807, 2.05) is 49.5 Å². The highest BCUT2D eigenvalue weighted by molar-refractivity contribution is 5.94. The minimum atomic E-state index is -0.0522. The van der Waals surface area contributed by atoms with Gasteiger partial charge in [-0.1, -0.05) is 30.3 Å². The van der Waals surface area contributed by atoms with Gasteiger partial charge in [0.2, 0.25) is 0 Å². The molecule has 2 amide bonds. The van der Waals surface area contributed by atoms with Crippen LogP contribution in [-0.2, 0) is 6.54 Å². The van der Waals surface area contributed by atoms with Gasteiger partial charge in [-0.25, -0.2) is 4.79 Å². The van der Waals surface area contributed by atoms with E-state index < -0.39 is 0 Å². The van der Waals surface area contributed by atoms with Crippen molar-refractivity contribution < 1.29 is 9.53 Å². The fourth-order valence-corrected chi connectivity index (χ4v) is 3.24. The van der Waals surface area contributed by atoms with Crippen molar-refractivity contribution in [3.8, 4) is 11.5 Å². The molecule has 2 N–H and O–H groups in total. The third-order valence-electron chi connectivity index (χ3n) is 4.53. The Balaban J connectivity index is 1.64. The largest absolute Gasteiger partial charge is 0.457 e. The van der Waals surface area contributed by atoms with E-state index in [0.717, 1.165) is 28.1 Å². The van der Waals surface area contributed by atoms with Crippen LogP contribution in [0.2, 0.25) is 0 Å². The zero-order valence-electron chi connectivity index (χ0n) is 14.7. The van der Waals surface area contributed by atoms with E-state index in [0.29, 0.717) is 19.6 Å². The molecule has 1 aliphatic rings. The predicted molar refractivity (Wildman–Crippen MR) is 104 cm³/mol. The fourth-order valence-electron chi connectivity index (χ4n) is 3.24. The maximum absolute atomic E-state index is 11.9. The number of hydrogen-bond donors (Lipinski definition) is 2. The molecule has 1 fully saturated rings. The van der Waals surface area contributed by atoms with Crippen molar-refractivity contribution in [3.05, 3.63) is 66.2 Å². The quantitative estimate of drug-likeness (QED) is 0.736. The molecule has 26 heavy (non-hydrogen) atoms. The lowest BCUT2D eigenvalue weighted by atomic mass is 10.1. The van der Waals surface area contributed by atoms with Gasteiger partial charge in [-0.05, 0) is 48.2 Å². The summed E-state index contributed by atoms with van der Waals surface area (Å²) < 4.78 is 6.16. The third kappa shape index (κ3) is 3.21. The van der Waals surface area contributed by atoms with E-state index >= 15 is 0 Å². The molecule has 5 nitrogen and oxygen atoms in total. The molecule has 132 valence electrons. The number of carbonyl (C=O) groups excluding carboxylic acids is 1. The zero-order valence-corrected chi connectivity index (χ0v) is 14.7. The molecule has 0 bridgehead atoms. The molecule has 0 saturated carbocycles. The lowest BCUT2D eigenvalue weighted by Gasteiger charge is -2.18. The molecular formula is C21H21N3O2. The van der Waals surface area contributed by atoms with E-state index in [2.05, 4.69) is 28.8 Å². The van der Waals surface area contributed by atoms with Crippen LogP contribution >= 0.6 is 0 Å². The Morgan fingerprint density at radius 2 is 1.92 bits per heavy atom. The second-order valence-corrected chi connectivity index (χ2v) is 6.32. The van der Waals surface area contributed by atoms with Crippen molar-refractivity contribution in [2.75, 3.05) is 25.0 Å². The molecule has 0 unspecified atom stereocenters. The topological polar surface area (TPSA) is 53.6 Å². The van der Waals surface area contributed by atoms with Crippen LogP contribution in [0.15, 0.2) is 60.7 Å². The summed E-state index contributed by atoms with van der Waals surface area (Å²) in [7, 11) is 1.90. The third-order valence-corrected chi connectivity index (χ3v) is 4.53. The summed E-state index contributed by atoms with van der Waals surface area (Å²) in [6.07, 6.45) is 0. The fraction of sp³-hybridized carbons (Fsp3) is 0.190. The zero-order chi connectivity index (χ0) is 17.9. The summed E-state index contributed by atoms with van der Waals surface area (Å²) in [4.78, 5) is 13.7. The van der Waals surface area contributed by atoms with Crippen LogP contribution in [0.4, 0.5) is 10.5 Å². The van der Waals surface area contributed by atoms with Gasteiger partial charge >= 0.3 is 6.03 Å². The van der Waals surface area contributed by atoms with E-state index in [4.69, 9.17) is 4.74 Å². The highest BCUT2D eigenvalue weighted by Crippen LogP contribution is 2.31. The van der Waals surface area contributed by atoms with Crippen molar-refractivity contribution in [1.29, 1.82) is 0 Å². The molecule has 1 heterocycles. The van der Waals surface area contributed by atoms with Crippen molar-refractivity contribution in [2.24, 2.45) is 0 Å². The Bertz CT molecular complexity index is 955. The minimum Gasteiger partial charge on any atom is -0.457 e. The Morgan fingerprint density at radius 3 is 2.69 bits per heavy atom. The number of hydrogen-bond acceptors (Lipinski definition) is 3. The van der Waals surface area contributed by atoms with E-state index in [-0.39, 0.29) is 6.03 Å². The molecule has 0 radical (unpaired) electrons. The van der Waals surface area contributed by atoms with Crippen molar-refractivity contribution >= 4 is 22.5 Å². The standard InChI is InChI=1S/C21H21N3O2/c1-22-14-17-12-18(24-11-10-23-21(24)25)7-9-20(17)26-19-8-6-15-4-2-3-5-16(15)13-19/h2-9,12-13,22H,10-11,14H2,1H3,(H,23,25). The molecule has 0 aliphatic carbocycles. The molecule has 0 spiro atoms. The minimum absolute atomic E-state index is 0.0522. The predicted octanol–water partition coefficient (Wildman–Crippen LogP) is 3.88. The van der Waals surface area contributed by atoms with Gasteiger partial charge in [-0.2, -0.15) is 0 Å². The van der Waals surface area contributed by atoms with E-state index in [1.54, 1.807) is 4.90 Å². The van der Waals surface area contributed by atoms with Crippen LogP contribution in [0.3, 0.4) is 0 Å². The number of rotatable bonds is 5. The molecule has 5 heteroatoms. The second-order valence-electron chi connectivity index (χ2n) is 6.32. The smallest absolute Gasteiger partial charge is 0.321 e. The van der Waals surface area contributed by atoms with E-state index in [9.17, 15) is 4.79 Å². The van der Waals surface area contributed by atoms with Crippen LogP contribution in [0.5, 0.6) is 11.5 Å². The first kappa shape index (κ1) is 16.4. The highest BCUT2D eigenvalue weighted by Gasteiger charge is 2.22. The highest BCUT2D eigenvalue weighted by atomic mass is 16.5. The molecule has 1 saturated heterocycles. The number of nitrogens with one attached hydrogen (secondary N) is 2. The van der Waals surface area contributed by atoms with Crippen LogP contribution in [-0.4, -0.2) is 26.2 Å². The summed E-state index contributed by atoms with van der Waals surface area (Å²) in [5, 5.41) is 8.33. The number of urea groups is 1. The van der Waals surface area contributed by atoms with Crippen LogP contribution < -0.4 is 20.3 Å². The first-order valence-corrected chi connectivity index (χ1v) is 8.74. The molecule has 4 rings (SSSR count). The van der Waals surface area contributed by atoms with Gasteiger partial charge in [0.15, 0.2) is 0 Å². The SMILES string of the molecule is CNCc1cc(N2CCNC2=O)ccc1Oc1ccc2ccccc2c1. The molecular weight excluding hydrogens is 326 g/mol. The normalized spacial score (nSPS) is 13.9.